The number of rotatable bonds is 8. The smallest absolute Gasteiger partial charge is 0.379 e. The molecule has 1 heterocycles. The number of hydrogen-bond acceptors (Lipinski definition) is 4. The summed E-state index contributed by atoms with van der Waals surface area (Å²) in [6.07, 6.45) is -4.17. The summed E-state index contributed by atoms with van der Waals surface area (Å²) in [4.78, 5) is 7.80. The molecule has 2 N–H and O–H groups in total. The first-order valence-corrected chi connectivity index (χ1v) is 8.74. The van der Waals surface area contributed by atoms with E-state index < -0.39 is 12.7 Å². The highest BCUT2D eigenvalue weighted by molar-refractivity contribution is 5.79. The van der Waals surface area contributed by atoms with Crippen LogP contribution in [0.2, 0.25) is 0 Å². The maximum atomic E-state index is 12.3. The van der Waals surface area contributed by atoms with Crippen LogP contribution in [0.3, 0.4) is 0 Å². The highest BCUT2D eigenvalue weighted by atomic mass is 19.4. The van der Waals surface area contributed by atoms with Gasteiger partial charge in [-0.2, -0.15) is 13.2 Å². The Balaban J connectivity index is 2.36. The van der Waals surface area contributed by atoms with Crippen molar-refractivity contribution in [3.63, 3.8) is 0 Å². The Kier molecular flexibility index (Phi) is 9.52. The number of guanidine groups is 1. The Morgan fingerprint density at radius 3 is 2.40 bits per heavy atom. The molecule has 0 amide bonds. The third-order valence-corrected chi connectivity index (χ3v) is 4.22. The van der Waals surface area contributed by atoms with Crippen molar-refractivity contribution in [1.29, 1.82) is 0 Å². The second kappa shape index (κ2) is 10.8. The lowest BCUT2D eigenvalue weighted by atomic mass is 10.0. The van der Waals surface area contributed by atoms with Gasteiger partial charge in [-0.15, -0.1) is 0 Å². The van der Waals surface area contributed by atoms with Gasteiger partial charge in [-0.1, -0.05) is 13.8 Å². The fourth-order valence-electron chi connectivity index (χ4n) is 2.87. The standard InChI is InChI=1S/C16H32F3N5O/c1-13(2)14(24-7-9-25-10-8-24)11-22-15(20-3)21-5-6-23(4)12-16(17,18)19/h13-14H,5-12H2,1-4H3,(H2,20,21,22). The van der Waals surface area contributed by atoms with Crippen LogP contribution in [-0.4, -0.2) is 94.6 Å². The van der Waals surface area contributed by atoms with Crippen LogP contribution in [0.15, 0.2) is 4.99 Å². The fourth-order valence-corrected chi connectivity index (χ4v) is 2.87. The predicted molar refractivity (Wildman–Crippen MR) is 93.9 cm³/mol. The Bertz CT molecular complexity index is 398. The second-order valence-corrected chi connectivity index (χ2v) is 6.69. The lowest BCUT2D eigenvalue weighted by molar-refractivity contribution is -0.142. The van der Waals surface area contributed by atoms with Crippen molar-refractivity contribution < 1.29 is 17.9 Å². The van der Waals surface area contributed by atoms with Crippen LogP contribution >= 0.6 is 0 Å². The van der Waals surface area contributed by atoms with E-state index in [2.05, 4.69) is 34.4 Å². The zero-order chi connectivity index (χ0) is 18.9. The van der Waals surface area contributed by atoms with Crippen molar-refractivity contribution in [3.05, 3.63) is 0 Å². The fraction of sp³-hybridized carbons (Fsp3) is 0.938. The summed E-state index contributed by atoms with van der Waals surface area (Å²) < 4.78 is 42.3. The first-order valence-electron chi connectivity index (χ1n) is 8.74. The van der Waals surface area contributed by atoms with E-state index in [-0.39, 0.29) is 6.54 Å². The van der Waals surface area contributed by atoms with Crippen LogP contribution in [0, 0.1) is 5.92 Å². The Morgan fingerprint density at radius 2 is 1.88 bits per heavy atom. The molecule has 0 aromatic rings. The van der Waals surface area contributed by atoms with E-state index in [1.54, 1.807) is 7.05 Å². The molecular weight excluding hydrogens is 335 g/mol. The molecule has 1 aliphatic heterocycles. The summed E-state index contributed by atoms with van der Waals surface area (Å²) in [5, 5.41) is 6.36. The van der Waals surface area contributed by atoms with Crippen molar-refractivity contribution in [2.75, 3.05) is 66.6 Å². The maximum absolute atomic E-state index is 12.3. The van der Waals surface area contributed by atoms with Crippen LogP contribution in [0.1, 0.15) is 13.8 Å². The number of nitrogens with one attached hydrogen (secondary N) is 2. The third kappa shape index (κ3) is 9.27. The van der Waals surface area contributed by atoms with Gasteiger partial charge in [0.2, 0.25) is 0 Å². The number of ether oxygens (including phenoxy) is 1. The minimum atomic E-state index is -4.17. The lowest BCUT2D eigenvalue weighted by Gasteiger charge is -2.37. The van der Waals surface area contributed by atoms with E-state index in [0.29, 0.717) is 24.5 Å². The SMILES string of the molecule is CN=C(NCCN(C)CC(F)(F)F)NCC(C(C)C)N1CCOCC1. The molecule has 1 rings (SSSR count). The highest BCUT2D eigenvalue weighted by Gasteiger charge is 2.29. The molecule has 0 bridgehead atoms. The molecular formula is C16H32F3N5O. The molecule has 9 heteroatoms. The molecule has 1 aliphatic rings. The van der Waals surface area contributed by atoms with Gasteiger partial charge in [0.25, 0.3) is 0 Å². The van der Waals surface area contributed by atoms with Crippen molar-refractivity contribution in [2.45, 2.75) is 26.1 Å². The monoisotopic (exact) mass is 367 g/mol. The van der Waals surface area contributed by atoms with E-state index >= 15 is 0 Å². The molecule has 1 fully saturated rings. The summed E-state index contributed by atoms with van der Waals surface area (Å²) >= 11 is 0. The van der Waals surface area contributed by atoms with E-state index in [4.69, 9.17) is 4.74 Å². The van der Waals surface area contributed by atoms with Gasteiger partial charge in [0.05, 0.1) is 19.8 Å². The van der Waals surface area contributed by atoms with Gasteiger partial charge >= 0.3 is 6.18 Å². The van der Waals surface area contributed by atoms with Crippen LogP contribution in [-0.2, 0) is 4.74 Å². The molecule has 0 saturated carbocycles. The molecule has 148 valence electrons. The average molecular weight is 367 g/mol. The molecule has 1 atom stereocenters. The van der Waals surface area contributed by atoms with E-state index in [1.165, 1.54) is 11.9 Å². The number of morpholine rings is 1. The molecule has 0 aromatic carbocycles. The van der Waals surface area contributed by atoms with Gasteiger partial charge in [-0.25, -0.2) is 0 Å². The third-order valence-electron chi connectivity index (χ3n) is 4.22. The number of alkyl halides is 3. The Hall–Kier alpha value is -1.06. The van der Waals surface area contributed by atoms with Gasteiger partial charge in [-0.05, 0) is 13.0 Å². The topological polar surface area (TPSA) is 52.1 Å². The maximum Gasteiger partial charge on any atom is 0.401 e. The quantitative estimate of drug-likeness (QED) is 0.495. The largest absolute Gasteiger partial charge is 0.401 e. The predicted octanol–water partition coefficient (Wildman–Crippen LogP) is 1.00. The number of hydrogen-bond donors (Lipinski definition) is 2. The molecule has 6 nitrogen and oxygen atoms in total. The zero-order valence-electron chi connectivity index (χ0n) is 15.7. The summed E-state index contributed by atoms with van der Waals surface area (Å²) in [7, 11) is 3.12. The normalized spacial score (nSPS) is 18.7. The Labute approximate surface area is 148 Å². The number of aliphatic imine (C=N–C) groups is 1. The molecule has 0 aliphatic carbocycles. The summed E-state index contributed by atoms with van der Waals surface area (Å²) in [5.41, 5.74) is 0. The molecule has 25 heavy (non-hydrogen) atoms. The highest BCUT2D eigenvalue weighted by Crippen LogP contribution is 2.15. The van der Waals surface area contributed by atoms with Crippen LogP contribution in [0.4, 0.5) is 13.2 Å². The van der Waals surface area contributed by atoms with Gasteiger partial charge in [0, 0.05) is 45.8 Å². The summed E-state index contributed by atoms with van der Waals surface area (Å²) in [6, 6.07) is 0.357. The minimum Gasteiger partial charge on any atom is -0.379 e. The van der Waals surface area contributed by atoms with Gasteiger partial charge in [0.15, 0.2) is 5.96 Å². The number of nitrogens with zero attached hydrogens (tertiary/aromatic N) is 3. The summed E-state index contributed by atoms with van der Waals surface area (Å²) in [5.74, 6) is 1.08. The summed E-state index contributed by atoms with van der Waals surface area (Å²) in [6.45, 7) is 8.21. The van der Waals surface area contributed by atoms with Crippen molar-refractivity contribution in [2.24, 2.45) is 10.9 Å². The Morgan fingerprint density at radius 1 is 1.24 bits per heavy atom. The number of halogens is 3. The van der Waals surface area contributed by atoms with Crippen molar-refractivity contribution in [1.82, 2.24) is 20.4 Å². The molecule has 0 radical (unpaired) electrons. The van der Waals surface area contributed by atoms with Gasteiger partial charge in [0.1, 0.15) is 0 Å². The first kappa shape index (κ1) is 22.0. The molecule has 0 aromatic heterocycles. The minimum absolute atomic E-state index is 0.289. The molecule has 1 unspecified atom stereocenters. The molecule has 0 spiro atoms. The second-order valence-electron chi connectivity index (χ2n) is 6.69. The first-order chi connectivity index (χ1) is 11.7. The molecule has 1 saturated heterocycles. The van der Waals surface area contributed by atoms with Crippen molar-refractivity contribution >= 4 is 5.96 Å². The van der Waals surface area contributed by atoms with E-state index in [0.717, 1.165) is 32.8 Å². The number of likely N-dealkylation sites (N-methyl/N-ethyl adjacent to an activating group) is 1. The zero-order valence-corrected chi connectivity index (χ0v) is 15.7. The lowest BCUT2D eigenvalue weighted by Crippen LogP contribution is -2.53. The van der Waals surface area contributed by atoms with Gasteiger partial charge < -0.3 is 15.4 Å². The van der Waals surface area contributed by atoms with E-state index in [9.17, 15) is 13.2 Å². The van der Waals surface area contributed by atoms with E-state index in [1.807, 2.05) is 0 Å². The van der Waals surface area contributed by atoms with Crippen LogP contribution < -0.4 is 10.6 Å². The van der Waals surface area contributed by atoms with Gasteiger partial charge in [-0.3, -0.25) is 14.8 Å². The van der Waals surface area contributed by atoms with Crippen LogP contribution in [0.5, 0.6) is 0 Å². The average Bonchev–Trinajstić information content (AvgIpc) is 2.52. The van der Waals surface area contributed by atoms with Crippen LogP contribution in [0.25, 0.3) is 0 Å². The van der Waals surface area contributed by atoms with Crippen molar-refractivity contribution in [3.8, 4) is 0 Å².